The molecule has 0 amide bonds. The Bertz CT molecular complexity index is 844. The van der Waals surface area contributed by atoms with Gasteiger partial charge in [0, 0.05) is 18.0 Å². The smallest absolute Gasteiger partial charge is 0.416 e. The molecule has 5 rings (SSSR count). The molecule has 3 heterocycles. The van der Waals surface area contributed by atoms with Gasteiger partial charge in [0.05, 0.1) is 11.8 Å². The lowest BCUT2D eigenvalue weighted by Crippen LogP contribution is -2.50. The van der Waals surface area contributed by atoms with Gasteiger partial charge in [0.1, 0.15) is 18.5 Å². The molecule has 7 heteroatoms. The fourth-order valence-corrected chi connectivity index (χ4v) is 3.87. The summed E-state index contributed by atoms with van der Waals surface area (Å²) in [6, 6.07) is 12.4. The van der Waals surface area contributed by atoms with Gasteiger partial charge in [-0.2, -0.15) is 13.2 Å². The number of benzene rings is 2. The third-order valence-electron chi connectivity index (χ3n) is 5.58. The molecule has 3 saturated heterocycles. The average molecular weight is 404 g/mol. The predicted octanol–water partition coefficient (Wildman–Crippen LogP) is 4.73. The Hall–Kier alpha value is -2.54. The zero-order valence-corrected chi connectivity index (χ0v) is 15.9. The zero-order valence-electron chi connectivity index (χ0n) is 15.9. The number of alkyl halides is 3. The lowest BCUT2D eigenvalue weighted by Gasteiger charge is -2.42. The monoisotopic (exact) mass is 404 g/mol. The van der Waals surface area contributed by atoms with Crippen LogP contribution in [0.5, 0.6) is 5.75 Å². The molecule has 1 atom stereocenters. The van der Waals surface area contributed by atoms with Crippen molar-refractivity contribution in [2.24, 2.45) is 11.1 Å². The minimum atomic E-state index is -4.34. The Morgan fingerprint density at radius 2 is 1.76 bits per heavy atom. The van der Waals surface area contributed by atoms with Crippen LogP contribution in [0.2, 0.25) is 0 Å². The summed E-state index contributed by atoms with van der Waals surface area (Å²) in [6.07, 6.45) is -0.245. The lowest BCUT2D eigenvalue weighted by molar-refractivity contribution is -0.137. The van der Waals surface area contributed by atoms with Gasteiger partial charge in [-0.25, -0.2) is 0 Å². The van der Waals surface area contributed by atoms with Crippen molar-refractivity contribution in [2.45, 2.75) is 31.7 Å². The fourth-order valence-electron chi connectivity index (χ4n) is 3.87. The van der Waals surface area contributed by atoms with Gasteiger partial charge in [0.2, 0.25) is 0 Å². The molecular formula is C22H23F3N2O2. The first-order valence-electron chi connectivity index (χ1n) is 9.78. The molecule has 154 valence electrons. The first-order valence-corrected chi connectivity index (χ1v) is 9.78. The van der Waals surface area contributed by atoms with Crippen molar-refractivity contribution in [3.05, 3.63) is 65.2 Å². The van der Waals surface area contributed by atoms with Gasteiger partial charge in [0.25, 0.3) is 0 Å². The molecule has 0 aliphatic carbocycles. The van der Waals surface area contributed by atoms with Gasteiger partial charge in [-0.15, -0.1) is 0 Å². The molecule has 3 fully saturated rings. The summed E-state index contributed by atoms with van der Waals surface area (Å²) in [6.45, 7) is 3.39. The van der Waals surface area contributed by atoms with Gasteiger partial charge >= 0.3 is 6.18 Å². The number of halogens is 3. The van der Waals surface area contributed by atoms with Crippen LogP contribution in [0, 0.1) is 5.92 Å². The number of oxime groups is 1. The van der Waals surface area contributed by atoms with E-state index in [0.29, 0.717) is 17.2 Å². The summed E-state index contributed by atoms with van der Waals surface area (Å²) >= 11 is 0. The van der Waals surface area contributed by atoms with E-state index in [1.165, 1.54) is 12.1 Å². The Labute approximate surface area is 167 Å². The fraction of sp³-hybridized carbons (Fsp3) is 0.409. The number of hydrogen-bond acceptors (Lipinski definition) is 4. The Morgan fingerprint density at radius 3 is 2.41 bits per heavy atom. The summed E-state index contributed by atoms with van der Waals surface area (Å²) in [5.41, 5.74) is 0.757. The Morgan fingerprint density at radius 1 is 1.03 bits per heavy atom. The second-order valence-electron chi connectivity index (χ2n) is 7.54. The molecular weight excluding hydrogens is 381 g/mol. The number of para-hydroxylation sites is 1. The minimum absolute atomic E-state index is 0.133. The van der Waals surface area contributed by atoms with Crippen molar-refractivity contribution in [3.8, 4) is 5.75 Å². The van der Waals surface area contributed by atoms with Gasteiger partial charge in [-0.3, -0.25) is 4.90 Å². The molecule has 0 spiro atoms. The van der Waals surface area contributed by atoms with Crippen LogP contribution in [0.4, 0.5) is 13.2 Å². The van der Waals surface area contributed by atoms with Crippen LogP contribution in [-0.2, 0) is 17.6 Å². The zero-order chi connectivity index (χ0) is 20.3. The van der Waals surface area contributed by atoms with Crippen molar-refractivity contribution in [2.75, 3.05) is 19.6 Å². The highest BCUT2D eigenvalue weighted by molar-refractivity contribution is 5.83. The van der Waals surface area contributed by atoms with Crippen molar-refractivity contribution in [1.82, 2.24) is 4.90 Å². The van der Waals surface area contributed by atoms with E-state index in [-0.39, 0.29) is 12.7 Å². The molecule has 4 nitrogen and oxygen atoms in total. The van der Waals surface area contributed by atoms with Gasteiger partial charge in [-0.05, 0) is 55.8 Å². The highest BCUT2D eigenvalue weighted by atomic mass is 19.4. The SMILES string of the molecule is FC(F)(F)c1ccc(COc2ccccc2/C=N/OC2CN3CCC2CC3)cc1. The molecule has 1 unspecified atom stereocenters. The maximum atomic E-state index is 12.7. The third-order valence-corrected chi connectivity index (χ3v) is 5.58. The number of ether oxygens (including phenoxy) is 1. The first-order chi connectivity index (χ1) is 14.0. The first kappa shape index (κ1) is 19.8. The number of nitrogens with zero attached hydrogens (tertiary/aromatic N) is 2. The maximum absolute atomic E-state index is 12.7. The van der Waals surface area contributed by atoms with Crippen LogP contribution >= 0.6 is 0 Å². The molecule has 0 N–H and O–H groups in total. The summed E-state index contributed by atoms with van der Waals surface area (Å²) in [5.74, 6) is 1.18. The van der Waals surface area contributed by atoms with Crippen LogP contribution in [0.1, 0.15) is 29.5 Å². The Kier molecular flexibility index (Phi) is 5.76. The van der Waals surface area contributed by atoms with Gasteiger partial charge < -0.3 is 9.57 Å². The topological polar surface area (TPSA) is 34.1 Å². The third kappa shape index (κ3) is 4.90. The second-order valence-corrected chi connectivity index (χ2v) is 7.54. The molecule has 29 heavy (non-hydrogen) atoms. The Balaban J connectivity index is 1.35. The highest BCUT2D eigenvalue weighted by Crippen LogP contribution is 2.30. The van der Waals surface area contributed by atoms with Crippen LogP contribution in [-0.4, -0.2) is 36.9 Å². The summed E-state index contributed by atoms with van der Waals surface area (Å²) in [4.78, 5) is 8.15. The average Bonchev–Trinajstić information content (AvgIpc) is 2.74. The molecule has 3 aliphatic heterocycles. The van der Waals surface area contributed by atoms with E-state index in [2.05, 4.69) is 10.1 Å². The van der Waals surface area contributed by atoms with Crippen molar-refractivity contribution < 1.29 is 22.7 Å². The molecule has 2 bridgehead atoms. The largest absolute Gasteiger partial charge is 0.488 e. The molecule has 3 aliphatic rings. The highest BCUT2D eigenvalue weighted by Gasteiger charge is 2.35. The van der Waals surface area contributed by atoms with E-state index >= 15 is 0 Å². The van der Waals surface area contributed by atoms with E-state index in [1.54, 1.807) is 12.3 Å². The van der Waals surface area contributed by atoms with E-state index in [1.807, 2.05) is 18.2 Å². The van der Waals surface area contributed by atoms with Crippen molar-refractivity contribution in [1.29, 1.82) is 0 Å². The van der Waals surface area contributed by atoms with Crippen molar-refractivity contribution >= 4 is 6.21 Å². The summed E-state index contributed by atoms with van der Waals surface area (Å²) in [5, 5.41) is 4.18. The standard InChI is InChI=1S/C22H23F3N2O2/c23-22(24,25)19-7-5-16(6-8-19)15-28-20-4-2-1-3-18(20)13-26-29-21-14-27-11-9-17(21)10-12-27/h1-8,13,17,21H,9-12,14-15H2/b26-13+. The van der Waals surface area contributed by atoms with Crippen LogP contribution < -0.4 is 4.74 Å². The van der Waals surface area contributed by atoms with Crippen LogP contribution in [0.3, 0.4) is 0 Å². The predicted molar refractivity (Wildman–Crippen MR) is 104 cm³/mol. The minimum Gasteiger partial charge on any atom is -0.488 e. The molecule has 0 saturated carbocycles. The number of hydrogen-bond donors (Lipinski definition) is 0. The van der Waals surface area contributed by atoms with E-state index < -0.39 is 11.7 Å². The van der Waals surface area contributed by atoms with E-state index in [9.17, 15) is 13.2 Å². The molecule has 2 aromatic carbocycles. The van der Waals surface area contributed by atoms with Crippen molar-refractivity contribution in [3.63, 3.8) is 0 Å². The number of fused-ring (bicyclic) bond motifs is 3. The summed E-state index contributed by atoms with van der Waals surface area (Å²) in [7, 11) is 0. The molecule has 0 aromatic heterocycles. The van der Waals surface area contributed by atoms with Crippen LogP contribution in [0.25, 0.3) is 0 Å². The van der Waals surface area contributed by atoms with E-state index in [4.69, 9.17) is 9.57 Å². The molecule has 0 radical (unpaired) electrons. The van der Waals surface area contributed by atoms with Crippen LogP contribution in [0.15, 0.2) is 53.7 Å². The molecule has 2 aromatic rings. The van der Waals surface area contributed by atoms with Gasteiger partial charge in [-0.1, -0.05) is 29.4 Å². The summed E-state index contributed by atoms with van der Waals surface area (Å²) < 4.78 is 43.8. The number of rotatable bonds is 6. The quantitative estimate of drug-likeness (QED) is 0.516. The van der Waals surface area contributed by atoms with Gasteiger partial charge in [0.15, 0.2) is 0 Å². The normalized spacial score (nSPS) is 24.0. The second kappa shape index (κ2) is 8.45. The lowest BCUT2D eigenvalue weighted by atomic mass is 9.86. The maximum Gasteiger partial charge on any atom is 0.416 e. The van der Waals surface area contributed by atoms with E-state index in [0.717, 1.165) is 50.2 Å². The number of piperidine rings is 3.